The van der Waals surface area contributed by atoms with E-state index in [0.29, 0.717) is 41.6 Å². The van der Waals surface area contributed by atoms with Gasteiger partial charge in [-0.3, -0.25) is 4.79 Å². The first-order valence-electron chi connectivity index (χ1n) is 11.7. The summed E-state index contributed by atoms with van der Waals surface area (Å²) in [5.74, 6) is 1.24. The Balaban J connectivity index is 1.41. The monoisotopic (exact) mass is 463 g/mol. The molecule has 10 heteroatoms. The highest BCUT2D eigenvalue weighted by Crippen LogP contribution is 2.37. The first kappa shape index (κ1) is 21.0. The van der Waals surface area contributed by atoms with Crippen LogP contribution in [0.15, 0.2) is 36.8 Å². The van der Waals surface area contributed by atoms with Gasteiger partial charge in [-0.25, -0.2) is 14.4 Å². The van der Waals surface area contributed by atoms with Crippen molar-refractivity contribution in [2.24, 2.45) is 0 Å². The van der Waals surface area contributed by atoms with E-state index in [4.69, 9.17) is 9.72 Å². The van der Waals surface area contributed by atoms with Gasteiger partial charge in [-0.1, -0.05) is 0 Å². The lowest BCUT2D eigenvalue weighted by Gasteiger charge is -2.29. The summed E-state index contributed by atoms with van der Waals surface area (Å²) in [6, 6.07) is 5.65. The number of hydrogen-bond acceptors (Lipinski definition) is 6. The molecule has 2 aromatic rings. The van der Waals surface area contributed by atoms with Gasteiger partial charge in [0.15, 0.2) is 5.65 Å². The first-order chi connectivity index (χ1) is 16.6. The summed E-state index contributed by atoms with van der Waals surface area (Å²) in [6.45, 7) is 0.622. The molecule has 6 rings (SSSR count). The molecule has 1 saturated carbocycles. The minimum absolute atomic E-state index is 0.0955. The van der Waals surface area contributed by atoms with Crippen molar-refractivity contribution in [1.82, 2.24) is 29.5 Å². The molecule has 1 amide bonds. The average molecular weight is 464 g/mol. The molecule has 0 aromatic carbocycles. The third-order valence-corrected chi connectivity index (χ3v) is 6.90. The molecule has 2 aromatic heterocycles. The van der Waals surface area contributed by atoms with E-state index in [1.165, 1.54) is 0 Å². The predicted octanol–water partition coefficient (Wildman–Crippen LogP) is 3.32. The van der Waals surface area contributed by atoms with Gasteiger partial charge in [-0.2, -0.15) is 9.61 Å². The molecular weight excluding hydrogens is 437 g/mol. The Kier molecular flexibility index (Phi) is 5.17. The highest BCUT2D eigenvalue weighted by molar-refractivity contribution is 6.00. The number of amides is 1. The fraction of sp³-hybridized carbons (Fsp3) is 0.417. The van der Waals surface area contributed by atoms with Crippen molar-refractivity contribution in [3.63, 3.8) is 0 Å². The normalized spacial score (nSPS) is 21.0. The molecule has 34 heavy (non-hydrogen) atoms. The van der Waals surface area contributed by atoms with Crippen molar-refractivity contribution in [1.29, 1.82) is 0 Å². The number of halogens is 1. The largest absolute Gasteiger partial charge is 0.378 e. The van der Waals surface area contributed by atoms with Crippen molar-refractivity contribution in [2.45, 2.75) is 43.9 Å². The second-order valence-corrected chi connectivity index (χ2v) is 8.94. The predicted molar refractivity (Wildman–Crippen MR) is 125 cm³/mol. The fourth-order valence-electron chi connectivity index (χ4n) is 4.79. The van der Waals surface area contributed by atoms with Crippen LogP contribution in [0.5, 0.6) is 0 Å². The van der Waals surface area contributed by atoms with E-state index in [9.17, 15) is 9.18 Å². The van der Waals surface area contributed by atoms with Crippen molar-refractivity contribution >= 4 is 17.4 Å². The highest BCUT2D eigenvalue weighted by atomic mass is 19.1. The summed E-state index contributed by atoms with van der Waals surface area (Å²) in [5, 5.41) is 10.6. The third-order valence-electron chi connectivity index (χ3n) is 6.90. The number of nitrogens with zero attached hydrogens (tertiary/aromatic N) is 5. The lowest BCUT2D eigenvalue weighted by molar-refractivity contribution is 0.00346. The molecule has 3 aliphatic heterocycles. The number of carbonyl (C=O) groups is 1. The number of alkyl halides is 1. The molecule has 0 bridgehead atoms. The molecule has 2 N–H and O–H groups in total. The molecule has 5 heterocycles. The number of fused-ring (bicyclic) bond motifs is 2. The molecule has 0 spiro atoms. The number of aromatic nitrogens is 5. The number of nitrogens with one attached hydrogen (secondary N) is 2. The first-order valence-corrected chi connectivity index (χ1v) is 11.7. The van der Waals surface area contributed by atoms with E-state index < -0.39 is 6.17 Å². The Bertz CT molecular complexity index is 1330. The van der Waals surface area contributed by atoms with Gasteiger partial charge in [-0.05, 0) is 37.8 Å². The molecule has 4 aliphatic rings. The van der Waals surface area contributed by atoms with Gasteiger partial charge in [0.05, 0.1) is 24.5 Å². The van der Waals surface area contributed by atoms with Crippen LogP contribution < -0.4 is 10.6 Å². The maximum Gasteiger partial charge on any atom is 0.256 e. The summed E-state index contributed by atoms with van der Waals surface area (Å²) in [6.07, 6.45) is 7.85. The minimum atomic E-state index is -1.08. The van der Waals surface area contributed by atoms with Gasteiger partial charge in [0, 0.05) is 49.3 Å². The van der Waals surface area contributed by atoms with Gasteiger partial charge >= 0.3 is 0 Å². The van der Waals surface area contributed by atoms with Crippen LogP contribution in [-0.2, 0) is 4.74 Å². The summed E-state index contributed by atoms with van der Waals surface area (Å²) >= 11 is 0. The molecule has 0 unspecified atom stereocenters. The number of carbonyl (C=O) groups excluding carboxylic acids is 1. The van der Waals surface area contributed by atoms with Crippen LogP contribution in [0, 0.1) is 0 Å². The lowest BCUT2D eigenvalue weighted by Crippen LogP contribution is -2.39. The molecule has 176 valence electrons. The van der Waals surface area contributed by atoms with E-state index in [-0.39, 0.29) is 24.6 Å². The van der Waals surface area contributed by atoms with E-state index in [1.807, 2.05) is 29.0 Å². The standard InChI is InChI=1S/C24H26FN7O2/c1-26-21-10-19(30-23-17(12-28-32(21)23)24(33)29-14-4-2-5-14)16-11-27-22-15(16)6-3-8-31(22)20-7-9-34-13-18(20)25/h3,6,8,10-12,14,18,20,26H,2,4-5,7,9,13H2,1H3,(H,29,33)/t18-,20+/m1/s1. The quantitative estimate of drug-likeness (QED) is 0.471. The Morgan fingerprint density at radius 2 is 2.12 bits per heavy atom. The molecule has 1 saturated heterocycles. The number of rotatable bonds is 5. The van der Waals surface area contributed by atoms with Crippen LogP contribution in [0.1, 0.15) is 42.1 Å². The van der Waals surface area contributed by atoms with E-state index >= 15 is 0 Å². The second-order valence-electron chi connectivity index (χ2n) is 8.94. The van der Waals surface area contributed by atoms with Crippen LogP contribution >= 0.6 is 0 Å². The molecule has 9 nitrogen and oxygen atoms in total. The molecular formula is C24H26FN7O2. The number of pyridine rings is 1. The van der Waals surface area contributed by atoms with Gasteiger partial charge in [0.1, 0.15) is 23.4 Å². The molecule has 2 atom stereocenters. The third kappa shape index (κ3) is 3.40. The Morgan fingerprint density at radius 3 is 2.88 bits per heavy atom. The maximum absolute atomic E-state index is 14.6. The van der Waals surface area contributed by atoms with E-state index in [2.05, 4.69) is 20.7 Å². The molecule has 2 fully saturated rings. The number of anilines is 1. The summed E-state index contributed by atoms with van der Waals surface area (Å²) in [7, 11) is 1.80. The minimum Gasteiger partial charge on any atom is -0.378 e. The van der Waals surface area contributed by atoms with Crippen molar-refractivity contribution in [3.8, 4) is 22.6 Å². The van der Waals surface area contributed by atoms with E-state index in [0.717, 1.165) is 30.4 Å². The van der Waals surface area contributed by atoms with Crippen LogP contribution in [0.2, 0.25) is 0 Å². The molecule has 0 radical (unpaired) electrons. The van der Waals surface area contributed by atoms with Crippen molar-refractivity contribution < 1.29 is 13.9 Å². The summed E-state index contributed by atoms with van der Waals surface area (Å²) < 4.78 is 23.4. The van der Waals surface area contributed by atoms with Crippen LogP contribution in [-0.4, -0.2) is 62.5 Å². The van der Waals surface area contributed by atoms with Crippen LogP contribution in [0.4, 0.5) is 10.2 Å². The van der Waals surface area contributed by atoms with Gasteiger partial charge in [-0.15, -0.1) is 0 Å². The highest BCUT2D eigenvalue weighted by Gasteiger charge is 2.30. The Hall–Kier alpha value is -3.53. The van der Waals surface area contributed by atoms with Gasteiger partial charge < -0.3 is 19.9 Å². The molecule has 1 aliphatic carbocycles. The maximum atomic E-state index is 14.6. The fourth-order valence-corrected chi connectivity index (χ4v) is 4.79. The lowest BCUT2D eigenvalue weighted by atomic mass is 9.93. The number of ether oxygens (including phenoxy) is 1. The SMILES string of the molecule is CNc1cc(-c2cnc3n([C@H]4CCOC[C@H]4F)cccc2-3)nc2c(C(=O)NC3CCC3)cnn12. The van der Waals surface area contributed by atoms with Crippen LogP contribution in [0.25, 0.3) is 28.3 Å². The summed E-state index contributed by atoms with van der Waals surface area (Å²) in [4.78, 5) is 22.4. The van der Waals surface area contributed by atoms with Gasteiger partial charge in [0.2, 0.25) is 0 Å². The second kappa shape index (κ2) is 8.35. The van der Waals surface area contributed by atoms with Crippen LogP contribution in [0.3, 0.4) is 0 Å². The topological polar surface area (TPSA) is 98.4 Å². The zero-order valence-corrected chi connectivity index (χ0v) is 18.9. The number of hydrogen-bond donors (Lipinski definition) is 2. The van der Waals surface area contributed by atoms with Gasteiger partial charge in [0.25, 0.3) is 5.91 Å². The van der Waals surface area contributed by atoms with Crippen molar-refractivity contribution in [2.75, 3.05) is 25.6 Å². The zero-order valence-electron chi connectivity index (χ0n) is 18.9. The zero-order chi connectivity index (χ0) is 23.2. The smallest absolute Gasteiger partial charge is 0.256 e. The Labute approximate surface area is 195 Å². The van der Waals surface area contributed by atoms with Crippen molar-refractivity contribution in [3.05, 3.63) is 42.4 Å². The Morgan fingerprint density at radius 1 is 1.24 bits per heavy atom. The average Bonchev–Trinajstić information content (AvgIpc) is 3.45. The van der Waals surface area contributed by atoms with E-state index in [1.54, 1.807) is 24.0 Å². The summed E-state index contributed by atoms with van der Waals surface area (Å²) in [5.41, 5.74) is 3.27.